The van der Waals surface area contributed by atoms with E-state index in [-0.39, 0.29) is 18.0 Å². The third-order valence-electron chi connectivity index (χ3n) is 4.12. The van der Waals surface area contributed by atoms with E-state index in [1.807, 2.05) is 12.1 Å². The van der Waals surface area contributed by atoms with Gasteiger partial charge in [-0.2, -0.15) is 0 Å². The Kier molecular flexibility index (Phi) is 6.13. The second-order valence-corrected chi connectivity index (χ2v) is 7.51. The van der Waals surface area contributed by atoms with E-state index < -0.39 is 28.7 Å². The van der Waals surface area contributed by atoms with Gasteiger partial charge < -0.3 is 15.4 Å². The number of benzene rings is 2. The van der Waals surface area contributed by atoms with Gasteiger partial charge in [0.1, 0.15) is 0 Å². The molecule has 1 atom stereocenters. The summed E-state index contributed by atoms with van der Waals surface area (Å²) < 4.78 is 4.96. The third-order valence-corrected chi connectivity index (χ3v) is 5.39. The molecule has 0 aromatic heterocycles. The molecule has 0 unspecified atom stereocenters. The maximum Gasteiger partial charge on any atom is 0.307 e. The van der Waals surface area contributed by atoms with Crippen LogP contribution in [0.5, 0.6) is 0 Å². The van der Waals surface area contributed by atoms with Crippen LogP contribution in [-0.4, -0.2) is 34.6 Å². The lowest BCUT2D eigenvalue weighted by molar-refractivity contribution is -0.384. The molecule has 0 saturated carbocycles. The van der Waals surface area contributed by atoms with Gasteiger partial charge in [0.2, 0.25) is 5.91 Å². The number of nitro groups is 1. The van der Waals surface area contributed by atoms with Gasteiger partial charge in [-0.25, -0.2) is 0 Å². The first-order valence-corrected chi connectivity index (χ1v) is 9.48. The van der Waals surface area contributed by atoms with Crippen molar-refractivity contribution in [3.63, 3.8) is 0 Å². The number of para-hydroxylation sites is 1. The highest BCUT2D eigenvalue weighted by Crippen LogP contribution is 2.36. The van der Waals surface area contributed by atoms with Crippen LogP contribution in [0.15, 0.2) is 47.4 Å². The van der Waals surface area contributed by atoms with Gasteiger partial charge in [0.05, 0.1) is 22.3 Å². The second kappa shape index (κ2) is 8.74. The van der Waals surface area contributed by atoms with Crippen molar-refractivity contribution in [1.29, 1.82) is 0 Å². The number of rotatable bonds is 6. The third kappa shape index (κ3) is 5.11. The second-order valence-electron chi connectivity index (χ2n) is 6.26. The van der Waals surface area contributed by atoms with Crippen molar-refractivity contribution in [2.24, 2.45) is 0 Å². The van der Waals surface area contributed by atoms with Crippen molar-refractivity contribution in [2.45, 2.75) is 23.5 Å². The zero-order chi connectivity index (χ0) is 21.0. The molecule has 0 aliphatic carbocycles. The molecule has 3 rings (SSSR count). The van der Waals surface area contributed by atoms with E-state index in [9.17, 15) is 24.5 Å². The quantitative estimate of drug-likeness (QED) is 0.422. The van der Waals surface area contributed by atoms with Crippen molar-refractivity contribution < 1.29 is 24.0 Å². The lowest BCUT2D eigenvalue weighted by Crippen LogP contribution is -2.32. The largest absolute Gasteiger partial charge is 0.456 e. The summed E-state index contributed by atoms with van der Waals surface area (Å²) >= 11 is 1.27. The summed E-state index contributed by atoms with van der Waals surface area (Å²) in [5.74, 6) is -1.55. The Bertz CT molecular complexity index is 994. The Hall–Kier alpha value is -3.40. The van der Waals surface area contributed by atoms with Crippen LogP contribution in [0.2, 0.25) is 0 Å². The maximum absolute atomic E-state index is 12.1. The van der Waals surface area contributed by atoms with E-state index in [0.717, 1.165) is 4.90 Å². The highest BCUT2D eigenvalue weighted by atomic mass is 32.2. The number of amides is 2. The van der Waals surface area contributed by atoms with E-state index in [1.165, 1.54) is 30.0 Å². The van der Waals surface area contributed by atoms with Crippen molar-refractivity contribution in [3.05, 3.63) is 58.1 Å². The van der Waals surface area contributed by atoms with E-state index in [0.29, 0.717) is 16.9 Å². The fourth-order valence-electron chi connectivity index (χ4n) is 2.67. The van der Waals surface area contributed by atoms with E-state index in [4.69, 9.17) is 4.74 Å². The highest BCUT2D eigenvalue weighted by molar-refractivity contribution is 8.01. The molecule has 1 heterocycles. The number of carbonyl (C=O) groups excluding carboxylic acids is 3. The van der Waals surface area contributed by atoms with Gasteiger partial charge in [0.25, 0.3) is 11.6 Å². The summed E-state index contributed by atoms with van der Waals surface area (Å²) in [5, 5.41) is 15.4. The molecule has 2 aromatic carbocycles. The molecule has 2 amide bonds. The monoisotopic (exact) mass is 415 g/mol. The molecule has 0 fully saturated rings. The molecule has 0 saturated heterocycles. The summed E-state index contributed by atoms with van der Waals surface area (Å²) in [6.07, 6.45) is -0.172. The first-order valence-electron chi connectivity index (χ1n) is 8.60. The van der Waals surface area contributed by atoms with Gasteiger partial charge in [-0.1, -0.05) is 12.1 Å². The number of fused-ring (bicyclic) bond motifs is 1. The van der Waals surface area contributed by atoms with Crippen LogP contribution in [0.3, 0.4) is 0 Å². The summed E-state index contributed by atoms with van der Waals surface area (Å²) in [6, 6.07) is 11.3. The summed E-state index contributed by atoms with van der Waals surface area (Å²) in [6.45, 7) is 1.09. The Labute approximate surface area is 170 Å². The van der Waals surface area contributed by atoms with Gasteiger partial charge in [-0.15, -0.1) is 11.8 Å². The molecule has 10 heteroatoms. The lowest BCUT2D eigenvalue weighted by atomic mass is 10.2. The number of thioether (sulfide) groups is 1. The minimum Gasteiger partial charge on any atom is -0.456 e. The lowest BCUT2D eigenvalue weighted by Gasteiger charge is -2.23. The van der Waals surface area contributed by atoms with Gasteiger partial charge in [-0.3, -0.25) is 24.5 Å². The molecule has 0 spiro atoms. The number of hydrogen-bond acceptors (Lipinski definition) is 7. The van der Waals surface area contributed by atoms with E-state index in [1.54, 1.807) is 19.1 Å². The van der Waals surface area contributed by atoms with Crippen molar-refractivity contribution in [2.75, 3.05) is 17.2 Å². The standard InChI is InChI=1S/C19H17N3O6S/c1-11-8-12(22(26)27)6-7-13(11)20-17(23)10-28-18(24)9-16-19(25)21-14-4-2-3-5-15(14)29-16/h2-8,16H,9-10H2,1H3,(H,20,23)(H,21,25)/t16-/m1/s1. The number of nitro benzene ring substituents is 1. The minimum absolute atomic E-state index is 0.0863. The first kappa shape index (κ1) is 20.3. The molecule has 0 bridgehead atoms. The predicted octanol–water partition coefficient (Wildman–Crippen LogP) is 2.89. The molecule has 29 heavy (non-hydrogen) atoms. The van der Waals surface area contributed by atoms with Crippen LogP contribution in [0.25, 0.3) is 0 Å². The molecule has 9 nitrogen and oxygen atoms in total. The fraction of sp³-hybridized carbons (Fsp3) is 0.211. The molecular weight excluding hydrogens is 398 g/mol. The summed E-state index contributed by atoms with van der Waals surface area (Å²) in [4.78, 5) is 47.2. The molecule has 0 radical (unpaired) electrons. The van der Waals surface area contributed by atoms with E-state index >= 15 is 0 Å². The van der Waals surface area contributed by atoms with Gasteiger partial charge in [0, 0.05) is 22.7 Å². The summed E-state index contributed by atoms with van der Waals surface area (Å²) in [7, 11) is 0. The number of non-ortho nitro benzene ring substituents is 1. The Morgan fingerprint density at radius 1 is 1.28 bits per heavy atom. The van der Waals surface area contributed by atoms with Gasteiger partial charge in [0.15, 0.2) is 6.61 Å². The van der Waals surface area contributed by atoms with Crippen LogP contribution < -0.4 is 10.6 Å². The minimum atomic E-state index is -0.674. The first-order chi connectivity index (χ1) is 13.8. The number of aryl methyl sites for hydroxylation is 1. The fourth-order valence-corrected chi connectivity index (χ4v) is 3.77. The number of ether oxygens (including phenoxy) is 1. The maximum atomic E-state index is 12.1. The number of esters is 1. The molecule has 2 N–H and O–H groups in total. The number of carbonyl (C=O) groups is 3. The summed E-state index contributed by atoms with van der Waals surface area (Å²) in [5.41, 5.74) is 1.50. The highest BCUT2D eigenvalue weighted by Gasteiger charge is 2.29. The average Bonchev–Trinajstić information content (AvgIpc) is 2.68. The Balaban J connectivity index is 1.50. The normalized spacial score (nSPS) is 15.1. The van der Waals surface area contributed by atoms with Gasteiger partial charge in [-0.05, 0) is 30.7 Å². The molecule has 2 aromatic rings. The Morgan fingerprint density at radius 2 is 2.03 bits per heavy atom. The van der Waals surface area contributed by atoms with Crippen LogP contribution in [-0.2, 0) is 19.1 Å². The number of hydrogen-bond donors (Lipinski definition) is 2. The van der Waals surface area contributed by atoms with Crippen molar-refractivity contribution in [3.8, 4) is 0 Å². The number of nitrogens with one attached hydrogen (secondary N) is 2. The van der Waals surface area contributed by atoms with E-state index in [2.05, 4.69) is 10.6 Å². The molecule has 150 valence electrons. The number of anilines is 2. The van der Waals surface area contributed by atoms with Crippen LogP contribution >= 0.6 is 11.8 Å². The van der Waals surface area contributed by atoms with Crippen LogP contribution in [0, 0.1) is 17.0 Å². The zero-order valence-corrected chi connectivity index (χ0v) is 16.2. The average molecular weight is 415 g/mol. The molecule has 1 aliphatic rings. The Morgan fingerprint density at radius 3 is 2.76 bits per heavy atom. The SMILES string of the molecule is Cc1cc([N+](=O)[O-])ccc1NC(=O)COC(=O)C[C@H]1Sc2ccccc2NC1=O. The number of nitrogens with zero attached hydrogens (tertiary/aromatic N) is 1. The van der Waals surface area contributed by atoms with Crippen molar-refractivity contribution >= 4 is 46.6 Å². The van der Waals surface area contributed by atoms with Crippen LogP contribution in [0.4, 0.5) is 17.1 Å². The zero-order valence-electron chi connectivity index (χ0n) is 15.3. The predicted molar refractivity (Wildman–Crippen MR) is 107 cm³/mol. The van der Waals surface area contributed by atoms with Crippen molar-refractivity contribution in [1.82, 2.24) is 0 Å². The molecule has 1 aliphatic heterocycles. The smallest absolute Gasteiger partial charge is 0.307 e. The van der Waals surface area contributed by atoms with Crippen LogP contribution in [0.1, 0.15) is 12.0 Å². The van der Waals surface area contributed by atoms with Gasteiger partial charge >= 0.3 is 5.97 Å². The molecular formula is C19H17N3O6S. The topological polar surface area (TPSA) is 128 Å².